The third-order valence-corrected chi connectivity index (χ3v) is 8.71. The summed E-state index contributed by atoms with van der Waals surface area (Å²) in [6.45, 7) is 0.633. The Hall–Kier alpha value is -4.91. The van der Waals surface area contributed by atoms with Crippen molar-refractivity contribution in [1.82, 2.24) is 19.7 Å². The van der Waals surface area contributed by atoms with Gasteiger partial charge in [0.05, 0.1) is 36.6 Å². The quantitative estimate of drug-likeness (QED) is 0.0692. The number of ketones is 2. The lowest BCUT2D eigenvalue weighted by Gasteiger charge is -2.29. The molecule has 1 aliphatic carbocycles. The average Bonchev–Trinajstić information content (AvgIpc) is 3.50. The SMILES string of the molecule is COCCOCCNc1ncc(-c2ccc(F)c(C(C)=O)c2)c([C@@H](CC(=O)Cn2nc(C(F)(F)F)c3c2C(F)(F)CCC3(F)F)Cc2cc(F)cc(F)c2)n1. The van der Waals surface area contributed by atoms with E-state index in [9.17, 15) is 44.7 Å². The fraction of sp³-hybridized carbons (Fsp3) is 0.417. The molecule has 2 aromatic carbocycles. The van der Waals surface area contributed by atoms with Gasteiger partial charge in [-0.1, -0.05) is 6.07 Å². The smallest absolute Gasteiger partial charge is 0.382 e. The Balaban J connectivity index is 1.60. The number of rotatable bonds is 16. The standard InChI is InChI=1S/C36H33F10N5O4/c1-19(52)26-15-21(3-4-28(26)39)27-17-48-33(47-7-8-55-10-9-54-2)49-30(27)22(11-20-12-23(37)16-24(38)13-20)14-25(53)18-51-32-29(31(50-51)36(44,45)46)34(40,41)5-6-35(32,42)43/h3-4,12-13,15-17,22H,5-11,14,18H2,1-2H3,(H,47,48,49)/t22-/m1/s1. The maximum absolute atomic E-state index is 15.1. The summed E-state index contributed by atoms with van der Waals surface area (Å²) in [5.41, 5.74) is -6.22. The lowest BCUT2D eigenvalue weighted by molar-refractivity contribution is -0.149. The van der Waals surface area contributed by atoms with E-state index in [0.29, 0.717) is 12.7 Å². The summed E-state index contributed by atoms with van der Waals surface area (Å²) in [6.07, 6.45) is -8.62. The number of nitrogens with zero attached hydrogens (tertiary/aromatic N) is 4. The summed E-state index contributed by atoms with van der Waals surface area (Å²) in [6, 6.07) is 5.87. The first-order chi connectivity index (χ1) is 25.8. The van der Waals surface area contributed by atoms with Gasteiger partial charge in [-0.2, -0.15) is 27.1 Å². The van der Waals surface area contributed by atoms with Gasteiger partial charge in [0.15, 0.2) is 17.3 Å². The predicted molar refractivity (Wildman–Crippen MR) is 175 cm³/mol. The molecule has 0 saturated heterocycles. The Morgan fingerprint density at radius 2 is 1.65 bits per heavy atom. The van der Waals surface area contributed by atoms with Crippen molar-refractivity contribution in [3.05, 3.63) is 93.8 Å². The highest BCUT2D eigenvalue weighted by atomic mass is 19.4. The van der Waals surface area contributed by atoms with E-state index in [0.717, 1.165) is 25.1 Å². The van der Waals surface area contributed by atoms with Crippen molar-refractivity contribution in [2.24, 2.45) is 0 Å². The Morgan fingerprint density at radius 3 is 2.31 bits per heavy atom. The average molecular weight is 790 g/mol. The molecule has 0 fully saturated rings. The van der Waals surface area contributed by atoms with E-state index in [4.69, 9.17) is 9.47 Å². The van der Waals surface area contributed by atoms with Gasteiger partial charge in [-0.3, -0.25) is 14.3 Å². The second-order valence-corrected chi connectivity index (χ2v) is 12.8. The minimum absolute atomic E-state index is 0.0357. The Morgan fingerprint density at radius 1 is 0.964 bits per heavy atom. The number of alkyl halides is 7. The number of anilines is 1. The highest BCUT2D eigenvalue weighted by Gasteiger charge is 2.57. The summed E-state index contributed by atoms with van der Waals surface area (Å²) in [7, 11) is 1.48. The van der Waals surface area contributed by atoms with E-state index in [1.165, 1.54) is 25.4 Å². The summed E-state index contributed by atoms with van der Waals surface area (Å²) in [5.74, 6) is -14.5. The molecular formula is C36H33F10N5O4. The topological polar surface area (TPSA) is 108 Å². The van der Waals surface area contributed by atoms with Crippen LogP contribution in [0.4, 0.5) is 49.9 Å². The highest BCUT2D eigenvalue weighted by Crippen LogP contribution is 2.53. The molecule has 55 heavy (non-hydrogen) atoms. The number of methoxy groups -OCH3 is 1. The molecule has 0 unspecified atom stereocenters. The van der Waals surface area contributed by atoms with E-state index in [2.05, 4.69) is 20.4 Å². The number of nitrogens with one attached hydrogen (secondary N) is 1. The minimum Gasteiger partial charge on any atom is -0.382 e. The summed E-state index contributed by atoms with van der Waals surface area (Å²) in [4.78, 5) is 34.7. The number of hydrogen-bond donors (Lipinski definition) is 1. The lowest BCUT2D eigenvalue weighted by Crippen LogP contribution is -2.34. The third-order valence-electron chi connectivity index (χ3n) is 8.71. The Bertz CT molecular complexity index is 2030. The third kappa shape index (κ3) is 9.67. The van der Waals surface area contributed by atoms with Crippen LogP contribution in [0, 0.1) is 17.5 Å². The van der Waals surface area contributed by atoms with Crippen LogP contribution in [0.15, 0.2) is 42.6 Å². The molecule has 1 N–H and O–H groups in total. The van der Waals surface area contributed by atoms with Gasteiger partial charge in [0, 0.05) is 56.7 Å². The fourth-order valence-electron chi connectivity index (χ4n) is 6.29. The van der Waals surface area contributed by atoms with Crippen molar-refractivity contribution in [1.29, 1.82) is 0 Å². The molecule has 0 amide bonds. The van der Waals surface area contributed by atoms with E-state index in [1.807, 2.05) is 0 Å². The maximum atomic E-state index is 15.1. The molecule has 2 heterocycles. The van der Waals surface area contributed by atoms with Crippen molar-refractivity contribution >= 4 is 17.5 Å². The van der Waals surface area contributed by atoms with Crippen molar-refractivity contribution in [2.75, 3.05) is 38.8 Å². The van der Waals surface area contributed by atoms with Gasteiger partial charge in [0.25, 0.3) is 11.8 Å². The van der Waals surface area contributed by atoms with Crippen molar-refractivity contribution < 1.29 is 63.0 Å². The summed E-state index contributed by atoms with van der Waals surface area (Å²) in [5, 5.41) is 5.94. The van der Waals surface area contributed by atoms with Crippen LogP contribution in [0.1, 0.15) is 70.7 Å². The molecule has 296 valence electrons. The Labute approximate surface area is 307 Å². The molecule has 1 atom stereocenters. The molecule has 19 heteroatoms. The summed E-state index contributed by atoms with van der Waals surface area (Å²) < 4.78 is 155. The number of aromatic nitrogens is 4. The fourth-order valence-corrected chi connectivity index (χ4v) is 6.29. The van der Waals surface area contributed by atoms with Crippen LogP contribution in [-0.4, -0.2) is 64.8 Å². The van der Waals surface area contributed by atoms with Gasteiger partial charge >= 0.3 is 6.18 Å². The molecule has 5 rings (SSSR count). The van der Waals surface area contributed by atoms with E-state index in [-0.39, 0.29) is 58.3 Å². The number of carbonyl (C=O) groups is 2. The van der Waals surface area contributed by atoms with Gasteiger partial charge in [-0.15, -0.1) is 0 Å². The second-order valence-electron chi connectivity index (χ2n) is 12.8. The number of hydrogen-bond acceptors (Lipinski definition) is 8. The van der Waals surface area contributed by atoms with Crippen LogP contribution >= 0.6 is 0 Å². The molecule has 9 nitrogen and oxygen atoms in total. The molecule has 4 aromatic rings. The number of halogens is 10. The molecule has 1 aliphatic rings. The van der Waals surface area contributed by atoms with E-state index < -0.39 is 102 Å². The molecule has 0 radical (unpaired) electrons. The van der Waals surface area contributed by atoms with Crippen LogP contribution in [0.3, 0.4) is 0 Å². The number of ether oxygens (including phenoxy) is 2. The van der Waals surface area contributed by atoms with E-state index in [1.54, 1.807) is 0 Å². The first-order valence-corrected chi connectivity index (χ1v) is 16.7. The minimum atomic E-state index is -5.58. The molecular weight excluding hydrogens is 756 g/mol. The number of Topliss-reactive ketones (excluding diaryl/α,β-unsaturated/α-hetero) is 2. The first kappa shape index (κ1) is 41.3. The van der Waals surface area contributed by atoms with Gasteiger partial charge < -0.3 is 14.8 Å². The number of carbonyl (C=O) groups excluding carboxylic acids is 2. The van der Waals surface area contributed by atoms with Gasteiger partial charge in [0.2, 0.25) is 5.95 Å². The second kappa shape index (κ2) is 16.4. The zero-order chi connectivity index (χ0) is 40.3. The van der Waals surface area contributed by atoms with Gasteiger partial charge in [0.1, 0.15) is 29.7 Å². The monoisotopic (exact) mass is 789 g/mol. The lowest BCUT2D eigenvalue weighted by atomic mass is 9.86. The largest absolute Gasteiger partial charge is 0.435 e. The maximum Gasteiger partial charge on any atom is 0.435 e. The van der Waals surface area contributed by atoms with Crippen LogP contribution in [-0.2, 0) is 45.3 Å². The van der Waals surface area contributed by atoms with E-state index >= 15 is 8.78 Å². The van der Waals surface area contributed by atoms with Crippen LogP contribution in [0.25, 0.3) is 11.1 Å². The summed E-state index contributed by atoms with van der Waals surface area (Å²) >= 11 is 0. The molecule has 0 aliphatic heterocycles. The zero-order valence-electron chi connectivity index (χ0n) is 29.2. The number of benzene rings is 2. The molecule has 0 bridgehead atoms. The normalized spacial score (nSPS) is 15.4. The van der Waals surface area contributed by atoms with Gasteiger partial charge in [-0.25, -0.2) is 31.9 Å². The van der Waals surface area contributed by atoms with Crippen molar-refractivity contribution in [3.63, 3.8) is 0 Å². The van der Waals surface area contributed by atoms with Crippen molar-refractivity contribution in [3.8, 4) is 11.1 Å². The Kier molecular flexibility index (Phi) is 12.3. The molecule has 0 spiro atoms. The number of fused-ring (bicyclic) bond motifs is 1. The van der Waals surface area contributed by atoms with Crippen LogP contribution in [0.5, 0.6) is 0 Å². The first-order valence-electron chi connectivity index (χ1n) is 16.7. The molecule has 0 saturated carbocycles. The predicted octanol–water partition coefficient (Wildman–Crippen LogP) is 8.02. The molecule has 2 aromatic heterocycles. The zero-order valence-corrected chi connectivity index (χ0v) is 29.2. The highest BCUT2D eigenvalue weighted by molar-refractivity contribution is 5.95. The van der Waals surface area contributed by atoms with Gasteiger partial charge in [-0.05, 0) is 48.7 Å². The van der Waals surface area contributed by atoms with Crippen LogP contribution < -0.4 is 5.32 Å². The van der Waals surface area contributed by atoms with Crippen molar-refractivity contribution in [2.45, 2.75) is 63.1 Å². The van der Waals surface area contributed by atoms with Crippen LogP contribution in [0.2, 0.25) is 0 Å².